The number of carbonyl (C=O) groups is 1. The van der Waals surface area contributed by atoms with Crippen molar-refractivity contribution >= 4 is 11.6 Å². The van der Waals surface area contributed by atoms with Crippen molar-refractivity contribution in [2.75, 3.05) is 0 Å². The van der Waals surface area contributed by atoms with Gasteiger partial charge in [0.2, 0.25) is 0 Å². The molecule has 0 saturated heterocycles. The van der Waals surface area contributed by atoms with Gasteiger partial charge in [0, 0.05) is 6.20 Å². The first-order valence-corrected chi connectivity index (χ1v) is 8.16. The number of nitrogens with one attached hydrogen (secondary N) is 1. The molecule has 5 nitrogen and oxygen atoms in total. The Bertz CT molecular complexity index is 715. The van der Waals surface area contributed by atoms with Crippen LogP contribution in [0.25, 0.3) is 5.52 Å². The Balaban J connectivity index is 0.00000139. The van der Waals surface area contributed by atoms with Crippen LogP contribution >= 0.6 is 0 Å². The summed E-state index contributed by atoms with van der Waals surface area (Å²) < 4.78 is 20.9. The van der Waals surface area contributed by atoms with E-state index in [0.29, 0.717) is 17.0 Å². The zero-order chi connectivity index (χ0) is 18.7. The van der Waals surface area contributed by atoms with Crippen LogP contribution in [-0.4, -0.2) is 21.1 Å². The third-order valence-electron chi connectivity index (χ3n) is 3.16. The topological polar surface area (TPSA) is 55.6 Å². The van der Waals surface area contributed by atoms with Gasteiger partial charge in [0.25, 0.3) is 0 Å². The number of imidazole rings is 1. The van der Waals surface area contributed by atoms with Gasteiger partial charge in [-0.15, -0.1) is 0 Å². The number of rotatable bonds is 2. The lowest BCUT2D eigenvalue weighted by molar-refractivity contribution is 0.0465. The zero-order valence-corrected chi connectivity index (χ0v) is 15.8. The second kappa shape index (κ2) is 7.20. The predicted octanol–water partition coefficient (Wildman–Crippen LogP) is 4.57. The average Bonchev–Trinajstić information content (AvgIpc) is 2.78. The van der Waals surface area contributed by atoms with E-state index in [1.54, 1.807) is 58.2 Å². The SMILES string of the molecule is CC.Cc1nc(C(C)(C)NC(=O)OC(C)(C)C)n2cccc(F)c12. The summed E-state index contributed by atoms with van der Waals surface area (Å²) in [4.78, 5) is 16.4. The fourth-order valence-electron chi connectivity index (χ4n) is 2.33. The molecular formula is C18H28FN3O2. The first kappa shape index (κ1) is 19.9. The summed E-state index contributed by atoms with van der Waals surface area (Å²) in [7, 11) is 0. The standard InChI is InChI=1S/C16H22FN3O2.C2H6/c1-10-12-11(17)8-7-9-20(12)13(18-10)16(5,6)19-14(21)22-15(2,3)4;1-2/h7-9H,1-6H3,(H,19,21);1-2H3. The summed E-state index contributed by atoms with van der Waals surface area (Å²) in [6, 6.07) is 3.00. The number of aromatic nitrogens is 2. The van der Waals surface area contributed by atoms with Crippen molar-refractivity contribution in [1.29, 1.82) is 0 Å². The molecular weight excluding hydrogens is 309 g/mol. The second-order valence-electron chi connectivity index (χ2n) is 6.85. The molecule has 6 heteroatoms. The van der Waals surface area contributed by atoms with Gasteiger partial charge in [-0.1, -0.05) is 13.8 Å². The Hall–Kier alpha value is -2.11. The highest BCUT2D eigenvalue weighted by Crippen LogP contribution is 2.24. The molecule has 0 aliphatic carbocycles. The Kier molecular flexibility index (Phi) is 5.98. The number of carbonyl (C=O) groups excluding carboxylic acids is 1. The highest BCUT2D eigenvalue weighted by Gasteiger charge is 2.31. The normalized spacial score (nSPS) is 11.7. The number of alkyl carbamates (subject to hydrolysis) is 1. The van der Waals surface area contributed by atoms with Crippen LogP contribution in [0, 0.1) is 12.7 Å². The van der Waals surface area contributed by atoms with E-state index in [1.165, 1.54) is 6.07 Å². The van der Waals surface area contributed by atoms with E-state index in [2.05, 4.69) is 10.3 Å². The second-order valence-corrected chi connectivity index (χ2v) is 6.85. The summed E-state index contributed by atoms with van der Waals surface area (Å²) in [5.41, 5.74) is -0.409. The summed E-state index contributed by atoms with van der Waals surface area (Å²) >= 11 is 0. The summed E-state index contributed by atoms with van der Waals surface area (Å²) in [5, 5.41) is 2.79. The number of hydrogen-bond acceptors (Lipinski definition) is 3. The number of fused-ring (bicyclic) bond motifs is 1. The first-order chi connectivity index (χ1) is 11.0. The number of ether oxygens (including phenoxy) is 1. The Morgan fingerprint density at radius 2 is 1.83 bits per heavy atom. The lowest BCUT2D eigenvalue weighted by Crippen LogP contribution is -2.44. The van der Waals surface area contributed by atoms with E-state index >= 15 is 0 Å². The molecule has 2 rings (SSSR count). The van der Waals surface area contributed by atoms with Gasteiger partial charge in [0.1, 0.15) is 22.8 Å². The van der Waals surface area contributed by atoms with Crippen molar-refractivity contribution in [3.8, 4) is 0 Å². The van der Waals surface area contributed by atoms with Gasteiger partial charge in [-0.2, -0.15) is 0 Å². The minimum absolute atomic E-state index is 0.341. The van der Waals surface area contributed by atoms with Crippen molar-refractivity contribution < 1.29 is 13.9 Å². The molecule has 0 aliphatic rings. The molecule has 0 aromatic carbocycles. The van der Waals surface area contributed by atoms with Crippen molar-refractivity contribution in [3.05, 3.63) is 35.7 Å². The van der Waals surface area contributed by atoms with E-state index < -0.39 is 17.2 Å². The molecule has 0 spiro atoms. The Morgan fingerprint density at radius 3 is 2.38 bits per heavy atom. The Labute approximate surface area is 143 Å². The van der Waals surface area contributed by atoms with Gasteiger partial charge in [-0.3, -0.25) is 4.40 Å². The van der Waals surface area contributed by atoms with Gasteiger partial charge in [0.05, 0.1) is 11.2 Å². The zero-order valence-electron chi connectivity index (χ0n) is 15.8. The molecule has 2 heterocycles. The fourth-order valence-corrected chi connectivity index (χ4v) is 2.33. The van der Waals surface area contributed by atoms with Crippen LogP contribution in [0.3, 0.4) is 0 Å². The van der Waals surface area contributed by atoms with Crippen LogP contribution < -0.4 is 5.32 Å². The third kappa shape index (κ3) is 4.46. The lowest BCUT2D eigenvalue weighted by Gasteiger charge is -2.27. The number of amides is 1. The van der Waals surface area contributed by atoms with Crippen LogP contribution in [0.4, 0.5) is 9.18 Å². The van der Waals surface area contributed by atoms with Crippen molar-refractivity contribution in [2.24, 2.45) is 0 Å². The maximum absolute atomic E-state index is 14.0. The highest BCUT2D eigenvalue weighted by atomic mass is 19.1. The molecule has 0 atom stereocenters. The van der Waals surface area contributed by atoms with Crippen LogP contribution in [0.2, 0.25) is 0 Å². The third-order valence-corrected chi connectivity index (χ3v) is 3.16. The molecule has 0 aliphatic heterocycles. The highest BCUT2D eigenvalue weighted by molar-refractivity contribution is 5.69. The van der Waals surface area contributed by atoms with Crippen molar-refractivity contribution in [3.63, 3.8) is 0 Å². The van der Waals surface area contributed by atoms with Gasteiger partial charge < -0.3 is 10.1 Å². The van der Waals surface area contributed by atoms with E-state index in [0.717, 1.165) is 0 Å². The quantitative estimate of drug-likeness (QED) is 0.873. The average molecular weight is 337 g/mol. The number of pyridine rings is 1. The number of hydrogen-bond donors (Lipinski definition) is 1. The molecule has 1 N–H and O–H groups in total. The minimum Gasteiger partial charge on any atom is -0.444 e. The summed E-state index contributed by atoms with van der Waals surface area (Å²) in [6.45, 7) is 14.7. The largest absolute Gasteiger partial charge is 0.444 e. The lowest BCUT2D eigenvalue weighted by atomic mass is 10.1. The van der Waals surface area contributed by atoms with E-state index in [1.807, 2.05) is 13.8 Å². The molecule has 0 unspecified atom stereocenters. The monoisotopic (exact) mass is 337 g/mol. The van der Waals surface area contributed by atoms with Crippen molar-refractivity contribution in [2.45, 2.75) is 66.5 Å². The maximum Gasteiger partial charge on any atom is 0.408 e. The van der Waals surface area contributed by atoms with Gasteiger partial charge in [0.15, 0.2) is 0 Å². The van der Waals surface area contributed by atoms with Crippen LogP contribution in [0.5, 0.6) is 0 Å². The summed E-state index contributed by atoms with van der Waals surface area (Å²) in [6.07, 6.45) is 1.19. The molecule has 0 fully saturated rings. The van der Waals surface area contributed by atoms with Gasteiger partial charge in [-0.25, -0.2) is 14.2 Å². The molecule has 0 radical (unpaired) electrons. The van der Waals surface area contributed by atoms with Crippen molar-refractivity contribution in [1.82, 2.24) is 14.7 Å². The van der Waals surface area contributed by atoms with Crippen LogP contribution in [0.1, 0.15) is 60.0 Å². The maximum atomic E-state index is 14.0. The van der Waals surface area contributed by atoms with Crippen LogP contribution in [-0.2, 0) is 10.3 Å². The summed E-state index contributed by atoms with van der Waals surface area (Å²) in [5.74, 6) is 0.206. The fraction of sp³-hybridized carbons (Fsp3) is 0.556. The Morgan fingerprint density at radius 1 is 1.25 bits per heavy atom. The molecule has 1 amide bonds. The number of nitrogens with zero attached hydrogens (tertiary/aromatic N) is 2. The van der Waals surface area contributed by atoms with Crippen LogP contribution in [0.15, 0.2) is 18.3 Å². The van der Waals surface area contributed by atoms with E-state index in [-0.39, 0.29) is 5.82 Å². The van der Waals surface area contributed by atoms with E-state index in [9.17, 15) is 9.18 Å². The molecule has 0 saturated carbocycles. The van der Waals surface area contributed by atoms with Gasteiger partial charge in [-0.05, 0) is 53.7 Å². The first-order valence-electron chi connectivity index (χ1n) is 8.16. The number of halogens is 1. The number of aryl methyl sites for hydroxylation is 1. The molecule has 2 aromatic rings. The smallest absolute Gasteiger partial charge is 0.408 e. The molecule has 0 bridgehead atoms. The molecule has 2 aromatic heterocycles. The molecule has 134 valence electrons. The molecule has 24 heavy (non-hydrogen) atoms. The van der Waals surface area contributed by atoms with E-state index in [4.69, 9.17) is 4.74 Å². The predicted molar refractivity (Wildman–Crippen MR) is 93.6 cm³/mol. The van der Waals surface area contributed by atoms with Gasteiger partial charge >= 0.3 is 6.09 Å². The minimum atomic E-state index is -0.812.